The molecule has 4 heteroatoms. The van der Waals surface area contributed by atoms with Crippen LogP contribution in [0.15, 0.2) is 24.4 Å². The van der Waals surface area contributed by atoms with Crippen molar-refractivity contribution in [2.75, 3.05) is 39.3 Å². The molecule has 3 heterocycles. The lowest BCUT2D eigenvalue weighted by Crippen LogP contribution is -2.37. The molecule has 2 aliphatic rings. The second-order valence-corrected chi connectivity index (χ2v) is 5.98. The SMILES string of the molecule is c1ccc(CNCCN2CCC(N3CCCC3)C2)nc1. The van der Waals surface area contributed by atoms with E-state index in [4.69, 9.17) is 0 Å². The molecule has 0 spiro atoms. The fraction of sp³-hybridized carbons (Fsp3) is 0.688. The molecule has 0 aromatic carbocycles. The molecule has 1 unspecified atom stereocenters. The molecule has 0 amide bonds. The fourth-order valence-corrected chi connectivity index (χ4v) is 3.38. The van der Waals surface area contributed by atoms with Crippen LogP contribution >= 0.6 is 0 Å². The maximum Gasteiger partial charge on any atom is 0.0541 e. The van der Waals surface area contributed by atoms with Crippen molar-refractivity contribution in [1.29, 1.82) is 0 Å². The predicted molar refractivity (Wildman–Crippen MR) is 81.6 cm³/mol. The van der Waals surface area contributed by atoms with Gasteiger partial charge >= 0.3 is 0 Å². The van der Waals surface area contributed by atoms with Crippen molar-refractivity contribution in [2.24, 2.45) is 0 Å². The maximum absolute atomic E-state index is 4.33. The van der Waals surface area contributed by atoms with Gasteiger partial charge in [0.2, 0.25) is 0 Å². The lowest BCUT2D eigenvalue weighted by atomic mass is 10.2. The van der Waals surface area contributed by atoms with E-state index in [0.717, 1.165) is 31.4 Å². The normalized spacial score (nSPS) is 24.5. The average molecular weight is 274 g/mol. The molecule has 2 aliphatic heterocycles. The highest BCUT2D eigenvalue weighted by molar-refractivity contribution is 5.02. The summed E-state index contributed by atoms with van der Waals surface area (Å²) in [5.74, 6) is 0. The van der Waals surface area contributed by atoms with E-state index >= 15 is 0 Å². The molecule has 1 aromatic rings. The summed E-state index contributed by atoms with van der Waals surface area (Å²) in [4.78, 5) is 9.63. The number of nitrogens with zero attached hydrogens (tertiary/aromatic N) is 3. The Labute approximate surface area is 122 Å². The molecule has 4 nitrogen and oxygen atoms in total. The maximum atomic E-state index is 4.33. The summed E-state index contributed by atoms with van der Waals surface area (Å²) in [5.41, 5.74) is 1.13. The van der Waals surface area contributed by atoms with E-state index in [0.29, 0.717) is 0 Å². The Balaban J connectivity index is 1.31. The van der Waals surface area contributed by atoms with Gasteiger partial charge in [0.05, 0.1) is 5.69 Å². The molecule has 2 saturated heterocycles. The van der Waals surface area contributed by atoms with Gasteiger partial charge in [0.1, 0.15) is 0 Å². The molecule has 110 valence electrons. The lowest BCUT2D eigenvalue weighted by molar-refractivity contribution is 0.232. The number of aromatic nitrogens is 1. The Hall–Kier alpha value is -0.970. The van der Waals surface area contributed by atoms with Gasteiger partial charge in [-0.1, -0.05) is 6.07 Å². The molecular weight excluding hydrogens is 248 g/mol. The highest BCUT2D eigenvalue weighted by Crippen LogP contribution is 2.19. The van der Waals surface area contributed by atoms with Crippen LogP contribution in [-0.2, 0) is 6.54 Å². The molecule has 1 atom stereocenters. The monoisotopic (exact) mass is 274 g/mol. The smallest absolute Gasteiger partial charge is 0.0541 e. The lowest BCUT2D eigenvalue weighted by Gasteiger charge is -2.23. The van der Waals surface area contributed by atoms with E-state index < -0.39 is 0 Å². The highest BCUT2D eigenvalue weighted by atomic mass is 15.3. The van der Waals surface area contributed by atoms with Crippen LogP contribution in [0.1, 0.15) is 25.0 Å². The number of nitrogens with one attached hydrogen (secondary N) is 1. The van der Waals surface area contributed by atoms with E-state index in [2.05, 4.69) is 26.2 Å². The molecular formula is C16H26N4. The van der Waals surface area contributed by atoms with Gasteiger partial charge in [-0.05, 0) is 51.0 Å². The minimum Gasteiger partial charge on any atom is -0.310 e. The first-order chi connectivity index (χ1) is 9.92. The number of rotatable bonds is 6. The van der Waals surface area contributed by atoms with Crippen LogP contribution in [0.25, 0.3) is 0 Å². The summed E-state index contributed by atoms with van der Waals surface area (Å²) >= 11 is 0. The van der Waals surface area contributed by atoms with Gasteiger partial charge in [0.25, 0.3) is 0 Å². The highest BCUT2D eigenvalue weighted by Gasteiger charge is 2.28. The first-order valence-electron chi connectivity index (χ1n) is 7.99. The molecule has 1 aromatic heterocycles. The van der Waals surface area contributed by atoms with Gasteiger partial charge in [-0.25, -0.2) is 0 Å². The average Bonchev–Trinajstić information content (AvgIpc) is 3.15. The second-order valence-electron chi connectivity index (χ2n) is 5.98. The van der Waals surface area contributed by atoms with Crippen LogP contribution in [0.2, 0.25) is 0 Å². The number of likely N-dealkylation sites (tertiary alicyclic amines) is 2. The zero-order chi connectivity index (χ0) is 13.6. The van der Waals surface area contributed by atoms with E-state index in [1.165, 1.54) is 45.4 Å². The molecule has 20 heavy (non-hydrogen) atoms. The third kappa shape index (κ3) is 3.78. The quantitative estimate of drug-likeness (QED) is 0.793. The molecule has 0 aliphatic carbocycles. The summed E-state index contributed by atoms with van der Waals surface area (Å²) in [6.45, 7) is 8.30. The van der Waals surface area contributed by atoms with Crippen molar-refractivity contribution in [3.8, 4) is 0 Å². The Morgan fingerprint density at radius 1 is 1.20 bits per heavy atom. The van der Waals surface area contributed by atoms with Crippen molar-refractivity contribution in [3.63, 3.8) is 0 Å². The largest absolute Gasteiger partial charge is 0.310 e. The zero-order valence-corrected chi connectivity index (χ0v) is 12.3. The van der Waals surface area contributed by atoms with Crippen LogP contribution < -0.4 is 5.32 Å². The molecule has 0 saturated carbocycles. The Bertz CT molecular complexity index is 389. The first-order valence-corrected chi connectivity index (χ1v) is 7.99. The van der Waals surface area contributed by atoms with Crippen molar-refractivity contribution < 1.29 is 0 Å². The molecule has 3 rings (SSSR count). The molecule has 0 bridgehead atoms. The van der Waals surface area contributed by atoms with Gasteiger partial charge in [0.15, 0.2) is 0 Å². The third-order valence-corrected chi connectivity index (χ3v) is 4.54. The van der Waals surface area contributed by atoms with Gasteiger partial charge < -0.3 is 10.2 Å². The summed E-state index contributed by atoms with van der Waals surface area (Å²) in [7, 11) is 0. The minimum absolute atomic E-state index is 0.827. The molecule has 0 radical (unpaired) electrons. The van der Waals surface area contributed by atoms with Crippen LogP contribution in [0.4, 0.5) is 0 Å². The first kappa shape index (κ1) is 14.0. The fourth-order valence-electron chi connectivity index (χ4n) is 3.38. The van der Waals surface area contributed by atoms with Crippen LogP contribution in [0.3, 0.4) is 0 Å². The zero-order valence-electron chi connectivity index (χ0n) is 12.3. The standard InChI is InChI=1S/C16H26N4/c1-2-7-18-15(5-1)13-17-8-12-19-11-6-16(14-19)20-9-3-4-10-20/h1-2,5,7,16-17H,3-4,6,8-14H2. The minimum atomic E-state index is 0.827. The van der Waals surface area contributed by atoms with E-state index in [1.54, 1.807) is 0 Å². The number of hydrogen-bond acceptors (Lipinski definition) is 4. The van der Waals surface area contributed by atoms with Crippen molar-refractivity contribution in [1.82, 2.24) is 20.1 Å². The van der Waals surface area contributed by atoms with Crippen molar-refractivity contribution in [2.45, 2.75) is 31.8 Å². The van der Waals surface area contributed by atoms with Gasteiger partial charge in [-0.15, -0.1) is 0 Å². The van der Waals surface area contributed by atoms with E-state index in [-0.39, 0.29) is 0 Å². The summed E-state index contributed by atoms with van der Waals surface area (Å²) in [6.07, 6.45) is 6.03. The Morgan fingerprint density at radius 3 is 2.90 bits per heavy atom. The van der Waals surface area contributed by atoms with E-state index in [9.17, 15) is 0 Å². The summed E-state index contributed by atoms with van der Waals surface area (Å²) in [6, 6.07) is 6.91. The third-order valence-electron chi connectivity index (χ3n) is 4.54. The number of hydrogen-bond donors (Lipinski definition) is 1. The second kappa shape index (κ2) is 7.16. The van der Waals surface area contributed by atoms with Crippen LogP contribution in [0.5, 0.6) is 0 Å². The Morgan fingerprint density at radius 2 is 2.10 bits per heavy atom. The number of pyridine rings is 1. The summed E-state index contributed by atoms with van der Waals surface area (Å²) < 4.78 is 0. The summed E-state index contributed by atoms with van der Waals surface area (Å²) in [5, 5.41) is 3.50. The Kier molecular flexibility index (Phi) is 5.01. The van der Waals surface area contributed by atoms with Crippen molar-refractivity contribution in [3.05, 3.63) is 30.1 Å². The molecule has 1 N–H and O–H groups in total. The van der Waals surface area contributed by atoms with E-state index in [1.807, 2.05) is 18.3 Å². The topological polar surface area (TPSA) is 31.4 Å². The predicted octanol–water partition coefficient (Wildman–Crippen LogP) is 1.34. The van der Waals surface area contributed by atoms with Gasteiger partial charge in [-0.3, -0.25) is 9.88 Å². The molecule has 2 fully saturated rings. The van der Waals surface area contributed by atoms with Gasteiger partial charge in [0, 0.05) is 38.4 Å². The van der Waals surface area contributed by atoms with Gasteiger partial charge in [-0.2, -0.15) is 0 Å². The van der Waals surface area contributed by atoms with Crippen LogP contribution in [0, 0.1) is 0 Å². The van der Waals surface area contributed by atoms with Crippen LogP contribution in [-0.4, -0.2) is 60.1 Å². The van der Waals surface area contributed by atoms with Crippen molar-refractivity contribution >= 4 is 0 Å².